The van der Waals surface area contributed by atoms with E-state index >= 15 is 0 Å². The zero-order valence-corrected chi connectivity index (χ0v) is 11.9. The molecule has 0 fully saturated rings. The number of carbonyl (C=O) groups is 1. The Morgan fingerprint density at radius 2 is 2.20 bits per heavy atom. The highest BCUT2D eigenvalue weighted by Crippen LogP contribution is 2.18. The normalized spacial score (nSPS) is 13.4. The second-order valence-corrected chi connectivity index (χ2v) is 4.77. The van der Waals surface area contributed by atoms with Gasteiger partial charge in [0, 0.05) is 18.7 Å². The summed E-state index contributed by atoms with van der Waals surface area (Å²) in [5.41, 5.74) is 6.44. The van der Waals surface area contributed by atoms with Gasteiger partial charge < -0.3 is 15.8 Å². The standard InChI is InChI=1S/C15H21FN2O2/c1-4-5-18-15(19)11(3)20-14-8-12(6-10(2)17)7-13(16)9-14/h4,7-11H,1,5-6,17H2,2-3H3,(H,18,19). The summed E-state index contributed by atoms with van der Waals surface area (Å²) in [4.78, 5) is 11.7. The monoisotopic (exact) mass is 280 g/mol. The van der Waals surface area contributed by atoms with Crippen LogP contribution in [0.4, 0.5) is 4.39 Å². The second kappa shape index (κ2) is 7.65. The van der Waals surface area contributed by atoms with E-state index in [2.05, 4.69) is 11.9 Å². The molecule has 0 aromatic heterocycles. The molecule has 0 spiro atoms. The Kier molecular flexibility index (Phi) is 6.18. The molecular formula is C15H21FN2O2. The quantitative estimate of drug-likeness (QED) is 0.748. The number of hydrogen-bond acceptors (Lipinski definition) is 3. The van der Waals surface area contributed by atoms with Gasteiger partial charge in [-0.2, -0.15) is 0 Å². The van der Waals surface area contributed by atoms with Gasteiger partial charge in [-0.3, -0.25) is 4.79 Å². The van der Waals surface area contributed by atoms with Crippen LogP contribution in [0.5, 0.6) is 5.75 Å². The Labute approximate surface area is 118 Å². The minimum Gasteiger partial charge on any atom is -0.481 e. The molecule has 110 valence electrons. The van der Waals surface area contributed by atoms with E-state index < -0.39 is 11.9 Å². The van der Waals surface area contributed by atoms with E-state index in [1.165, 1.54) is 12.1 Å². The van der Waals surface area contributed by atoms with E-state index in [4.69, 9.17) is 10.5 Å². The average Bonchev–Trinajstić information content (AvgIpc) is 2.34. The first-order valence-electron chi connectivity index (χ1n) is 6.52. The Balaban J connectivity index is 2.73. The molecule has 0 saturated heterocycles. The van der Waals surface area contributed by atoms with Gasteiger partial charge >= 0.3 is 0 Å². The number of halogens is 1. The van der Waals surface area contributed by atoms with Gasteiger partial charge in [-0.15, -0.1) is 6.58 Å². The van der Waals surface area contributed by atoms with Crippen LogP contribution in [0.3, 0.4) is 0 Å². The van der Waals surface area contributed by atoms with Crippen LogP contribution in [0.2, 0.25) is 0 Å². The molecule has 0 aliphatic heterocycles. The van der Waals surface area contributed by atoms with Crippen LogP contribution >= 0.6 is 0 Å². The number of rotatable bonds is 7. The molecule has 0 aliphatic carbocycles. The summed E-state index contributed by atoms with van der Waals surface area (Å²) in [5, 5.41) is 2.62. The molecule has 2 unspecified atom stereocenters. The molecule has 1 amide bonds. The van der Waals surface area contributed by atoms with Crippen molar-refractivity contribution in [3.05, 3.63) is 42.2 Å². The van der Waals surface area contributed by atoms with Crippen molar-refractivity contribution in [2.24, 2.45) is 5.73 Å². The van der Waals surface area contributed by atoms with Crippen molar-refractivity contribution in [2.75, 3.05) is 6.54 Å². The molecule has 0 bridgehead atoms. The Morgan fingerprint density at radius 1 is 1.50 bits per heavy atom. The third-order valence-electron chi connectivity index (χ3n) is 2.59. The van der Waals surface area contributed by atoms with Gasteiger partial charge in [-0.05, 0) is 38.0 Å². The smallest absolute Gasteiger partial charge is 0.261 e. The molecule has 0 aliphatic rings. The van der Waals surface area contributed by atoms with Crippen molar-refractivity contribution in [2.45, 2.75) is 32.4 Å². The van der Waals surface area contributed by atoms with E-state index in [-0.39, 0.29) is 11.9 Å². The molecule has 20 heavy (non-hydrogen) atoms. The molecule has 2 atom stereocenters. The third-order valence-corrected chi connectivity index (χ3v) is 2.59. The van der Waals surface area contributed by atoms with Crippen molar-refractivity contribution in [3.63, 3.8) is 0 Å². The number of benzene rings is 1. The number of hydrogen-bond donors (Lipinski definition) is 2. The molecule has 1 aromatic rings. The van der Waals surface area contributed by atoms with Crippen LogP contribution < -0.4 is 15.8 Å². The van der Waals surface area contributed by atoms with Crippen molar-refractivity contribution in [1.82, 2.24) is 5.32 Å². The second-order valence-electron chi connectivity index (χ2n) is 4.77. The molecule has 0 heterocycles. The first-order valence-corrected chi connectivity index (χ1v) is 6.52. The highest BCUT2D eigenvalue weighted by molar-refractivity contribution is 5.80. The topological polar surface area (TPSA) is 64.3 Å². The fourth-order valence-electron chi connectivity index (χ4n) is 1.75. The lowest BCUT2D eigenvalue weighted by atomic mass is 10.1. The highest BCUT2D eigenvalue weighted by Gasteiger charge is 2.14. The van der Waals surface area contributed by atoms with Gasteiger partial charge in [0.1, 0.15) is 11.6 Å². The summed E-state index contributed by atoms with van der Waals surface area (Å²) in [6, 6.07) is 4.29. The lowest BCUT2D eigenvalue weighted by Gasteiger charge is -2.15. The van der Waals surface area contributed by atoms with Gasteiger partial charge in [0.25, 0.3) is 5.91 Å². The Morgan fingerprint density at radius 3 is 2.80 bits per heavy atom. The van der Waals surface area contributed by atoms with Gasteiger partial charge in [0.15, 0.2) is 6.10 Å². The largest absolute Gasteiger partial charge is 0.481 e. The van der Waals surface area contributed by atoms with E-state index in [1.54, 1.807) is 19.1 Å². The lowest BCUT2D eigenvalue weighted by Crippen LogP contribution is -2.36. The minimum atomic E-state index is -0.708. The number of ether oxygens (including phenoxy) is 1. The van der Waals surface area contributed by atoms with E-state index in [0.717, 1.165) is 5.56 Å². The summed E-state index contributed by atoms with van der Waals surface area (Å²) in [6.07, 6.45) is 1.42. The molecule has 4 nitrogen and oxygen atoms in total. The van der Waals surface area contributed by atoms with Gasteiger partial charge in [-0.25, -0.2) is 4.39 Å². The molecule has 5 heteroatoms. The SMILES string of the molecule is C=CCNC(=O)C(C)Oc1cc(F)cc(CC(C)N)c1. The first-order chi connectivity index (χ1) is 9.42. The third kappa shape index (κ3) is 5.40. The number of amides is 1. The number of carbonyl (C=O) groups excluding carboxylic acids is 1. The van der Waals surface area contributed by atoms with Crippen molar-refractivity contribution >= 4 is 5.91 Å². The van der Waals surface area contributed by atoms with Crippen LogP contribution in [0.25, 0.3) is 0 Å². The lowest BCUT2D eigenvalue weighted by molar-refractivity contribution is -0.127. The van der Waals surface area contributed by atoms with Crippen molar-refractivity contribution in [1.29, 1.82) is 0 Å². The molecule has 1 rings (SSSR count). The van der Waals surface area contributed by atoms with Crippen LogP contribution in [0.15, 0.2) is 30.9 Å². The summed E-state index contributed by atoms with van der Waals surface area (Å²) >= 11 is 0. The van der Waals surface area contributed by atoms with Crippen molar-refractivity contribution in [3.8, 4) is 5.75 Å². The van der Waals surface area contributed by atoms with Crippen LogP contribution in [0, 0.1) is 5.82 Å². The fraction of sp³-hybridized carbons (Fsp3) is 0.400. The maximum absolute atomic E-state index is 13.5. The average molecular weight is 280 g/mol. The number of nitrogens with two attached hydrogens (primary N) is 1. The highest BCUT2D eigenvalue weighted by atomic mass is 19.1. The molecule has 0 saturated carbocycles. The molecule has 3 N–H and O–H groups in total. The summed E-state index contributed by atoms with van der Waals surface area (Å²) in [5.74, 6) is -0.360. The van der Waals surface area contributed by atoms with Crippen molar-refractivity contribution < 1.29 is 13.9 Å². The predicted molar refractivity (Wildman–Crippen MR) is 77.1 cm³/mol. The summed E-state index contributed by atoms with van der Waals surface area (Å²) in [7, 11) is 0. The fourth-order valence-corrected chi connectivity index (χ4v) is 1.75. The number of nitrogens with one attached hydrogen (secondary N) is 1. The minimum absolute atomic E-state index is 0.0713. The molecule has 1 aromatic carbocycles. The van der Waals surface area contributed by atoms with E-state index in [9.17, 15) is 9.18 Å². The van der Waals surface area contributed by atoms with Gasteiger partial charge in [0.05, 0.1) is 0 Å². The first kappa shape index (κ1) is 16.2. The van der Waals surface area contributed by atoms with E-state index in [1.807, 2.05) is 6.92 Å². The Bertz CT molecular complexity index is 475. The van der Waals surface area contributed by atoms with Gasteiger partial charge in [0.2, 0.25) is 0 Å². The molecular weight excluding hydrogens is 259 g/mol. The summed E-state index contributed by atoms with van der Waals surface area (Å²) in [6.45, 7) is 7.33. The van der Waals surface area contributed by atoms with Crippen LogP contribution in [-0.4, -0.2) is 24.6 Å². The van der Waals surface area contributed by atoms with Gasteiger partial charge in [-0.1, -0.05) is 6.08 Å². The maximum atomic E-state index is 13.5. The summed E-state index contributed by atoms with van der Waals surface area (Å²) < 4.78 is 18.9. The zero-order chi connectivity index (χ0) is 15.1. The zero-order valence-electron chi connectivity index (χ0n) is 11.9. The Hall–Kier alpha value is -1.88. The molecule has 0 radical (unpaired) electrons. The van der Waals surface area contributed by atoms with Crippen LogP contribution in [-0.2, 0) is 11.2 Å². The van der Waals surface area contributed by atoms with Crippen LogP contribution in [0.1, 0.15) is 19.4 Å². The van der Waals surface area contributed by atoms with E-state index in [0.29, 0.717) is 18.7 Å². The predicted octanol–water partition coefficient (Wildman–Crippen LogP) is 1.78. The maximum Gasteiger partial charge on any atom is 0.261 e.